The number of carbonyl (C=O) groups excluding carboxylic acids is 2. The lowest BCUT2D eigenvalue weighted by Gasteiger charge is -2.32. The fraction of sp³-hybridized carbons (Fsp3) is 0.857. The second kappa shape index (κ2) is 7.32. The first-order valence-corrected chi connectivity index (χ1v) is 10.7. The van der Waals surface area contributed by atoms with Crippen molar-refractivity contribution in [3.05, 3.63) is 0 Å². The lowest BCUT2D eigenvalue weighted by Crippen LogP contribution is -2.54. The average Bonchev–Trinajstić information content (AvgIpc) is 3.48. The number of carboxylic acid groups (broad SMARTS) is 1. The number of hydrogen-bond acceptors (Lipinski definition) is 4. The van der Waals surface area contributed by atoms with Gasteiger partial charge in [-0.2, -0.15) is 0 Å². The van der Waals surface area contributed by atoms with Crippen molar-refractivity contribution in [2.75, 3.05) is 19.8 Å². The van der Waals surface area contributed by atoms with Crippen LogP contribution in [0.25, 0.3) is 0 Å². The normalized spacial score (nSPS) is 32.5. The van der Waals surface area contributed by atoms with Crippen molar-refractivity contribution < 1.29 is 24.2 Å². The highest BCUT2D eigenvalue weighted by atomic mass is 16.5. The summed E-state index contributed by atoms with van der Waals surface area (Å²) in [5, 5.41) is 12.7. The van der Waals surface area contributed by atoms with Crippen molar-refractivity contribution in [3.63, 3.8) is 0 Å². The topological polar surface area (TPSA) is 95.9 Å². The molecule has 4 atom stereocenters. The molecule has 2 saturated carbocycles. The predicted octanol–water partition coefficient (Wildman–Crippen LogP) is 1.66. The van der Waals surface area contributed by atoms with Crippen molar-refractivity contribution in [1.29, 1.82) is 0 Å². The number of ether oxygens (including phenoxy) is 1. The van der Waals surface area contributed by atoms with Gasteiger partial charge >= 0.3 is 5.97 Å². The molecule has 0 radical (unpaired) electrons. The summed E-state index contributed by atoms with van der Waals surface area (Å²) in [6.07, 6.45) is 4.96. The summed E-state index contributed by atoms with van der Waals surface area (Å²) in [6.45, 7) is 6.03. The minimum Gasteiger partial charge on any atom is -0.480 e. The zero-order chi connectivity index (χ0) is 20.1. The number of nitrogens with zero attached hydrogens (tertiary/aromatic N) is 1. The summed E-state index contributed by atoms with van der Waals surface area (Å²) in [5.74, 6) is -0.188. The van der Waals surface area contributed by atoms with Gasteiger partial charge in [0.15, 0.2) is 0 Å². The molecule has 2 aliphatic carbocycles. The Kier molecular flexibility index (Phi) is 5.14. The lowest BCUT2D eigenvalue weighted by molar-refractivity contribution is -0.151. The Bertz CT molecular complexity index is 653. The minimum absolute atomic E-state index is 0.0157. The van der Waals surface area contributed by atoms with Gasteiger partial charge in [0.05, 0.1) is 0 Å². The standard InChI is InChI=1S/C21H32N2O5/c1-21(2)14-11-23(18(17(14)21)20(26)27)19(25)15(9-12-3-4-12)22-16(24)10-13-5-7-28-8-6-13/h12-15,17-18H,3-11H2,1-2H3,(H,22,24)(H,26,27)/t14-,15?,17-,18-/m0/s1. The van der Waals surface area contributed by atoms with Crippen LogP contribution in [0.5, 0.6) is 0 Å². The number of likely N-dealkylation sites (tertiary alicyclic amines) is 1. The van der Waals surface area contributed by atoms with E-state index in [0.29, 0.717) is 44.4 Å². The van der Waals surface area contributed by atoms with Crippen LogP contribution in [0.3, 0.4) is 0 Å². The van der Waals surface area contributed by atoms with Gasteiger partial charge in [-0.15, -0.1) is 0 Å². The van der Waals surface area contributed by atoms with Gasteiger partial charge in [0.2, 0.25) is 11.8 Å². The maximum absolute atomic E-state index is 13.3. The summed E-state index contributed by atoms with van der Waals surface area (Å²) in [6, 6.07) is -1.36. The number of rotatable bonds is 7. The molecule has 4 aliphatic rings. The van der Waals surface area contributed by atoms with E-state index in [2.05, 4.69) is 19.2 Å². The van der Waals surface area contributed by atoms with E-state index in [0.717, 1.165) is 25.7 Å². The van der Waals surface area contributed by atoms with Crippen LogP contribution in [0.4, 0.5) is 0 Å². The second-order valence-corrected chi connectivity index (χ2v) is 9.79. The summed E-state index contributed by atoms with van der Waals surface area (Å²) in [4.78, 5) is 39.3. The fourth-order valence-electron chi connectivity index (χ4n) is 5.37. The number of hydrogen-bond donors (Lipinski definition) is 2. The third-order valence-electron chi connectivity index (χ3n) is 7.46. The molecule has 2 aliphatic heterocycles. The van der Waals surface area contributed by atoms with Crippen LogP contribution in [0, 0.1) is 29.1 Å². The molecule has 2 heterocycles. The van der Waals surface area contributed by atoms with Crippen LogP contribution < -0.4 is 5.32 Å². The van der Waals surface area contributed by atoms with Crippen molar-refractivity contribution in [1.82, 2.24) is 10.2 Å². The molecule has 2 saturated heterocycles. The predicted molar refractivity (Wildman–Crippen MR) is 101 cm³/mol. The number of carbonyl (C=O) groups is 3. The fourth-order valence-corrected chi connectivity index (χ4v) is 5.37. The molecule has 0 spiro atoms. The molecule has 0 aromatic rings. The SMILES string of the molecule is CC1(C)[C@@H]2[C@@H](C(=O)O)N(C(=O)C(CC3CC3)NC(=O)CC3CCOCC3)C[C@@H]21. The van der Waals surface area contributed by atoms with Gasteiger partial charge in [-0.25, -0.2) is 4.79 Å². The van der Waals surface area contributed by atoms with E-state index >= 15 is 0 Å². The molecule has 0 aromatic carbocycles. The number of amides is 2. The zero-order valence-electron chi connectivity index (χ0n) is 16.9. The average molecular weight is 392 g/mol. The highest BCUT2D eigenvalue weighted by Crippen LogP contribution is 2.64. The smallest absolute Gasteiger partial charge is 0.326 e. The Morgan fingerprint density at radius 3 is 2.43 bits per heavy atom. The minimum atomic E-state index is -0.926. The largest absolute Gasteiger partial charge is 0.480 e. The van der Waals surface area contributed by atoms with Gasteiger partial charge in [0.1, 0.15) is 12.1 Å². The van der Waals surface area contributed by atoms with Crippen molar-refractivity contribution in [2.24, 2.45) is 29.1 Å². The molecular weight excluding hydrogens is 360 g/mol. The Morgan fingerprint density at radius 2 is 1.82 bits per heavy atom. The second-order valence-electron chi connectivity index (χ2n) is 9.79. The number of carboxylic acids is 1. The molecule has 0 aromatic heterocycles. The van der Waals surface area contributed by atoms with Crippen LogP contribution in [0.1, 0.15) is 52.4 Å². The molecule has 2 N–H and O–H groups in total. The Hall–Kier alpha value is -1.63. The third kappa shape index (κ3) is 3.78. The number of fused-ring (bicyclic) bond motifs is 1. The molecule has 28 heavy (non-hydrogen) atoms. The van der Waals surface area contributed by atoms with Gasteiger partial charge in [-0.1, -0.05) is 26.7 Å². The van der Waals surface area contributed by atoms with Crippen LogP contribution in [-0.2, 0) is 19.1 Å². The first-order valence-electron chi connectivity index (χ1n) is 10.7. The van der Waals surface area contributed by atoms with Gasteiger partial charge in [-0.3, -0.25) is 9.59 Å². The molecule has 7 nitrogen and oxygen atoms in total. The van der Waals surface area contributed by atoms with E-state index in [1.807, 2.05) is 0 Å². The zero-order valence-corrected chi connectivity index (χ0v) is 16.9. The number of nitrogens with one attached hydrogen (secondary N) is 1. The molecule has 4 rings (SSSR count). The molecule has 156 valence electrons. The molecule has 1 unspecified atom stereocenters. The summed E-state index contributed by atoms with van der Waals surface area (Å²) in [7, 11) is 0. The Morgan fingerprint density at radius 1 is 1.14 bits per heavy atom. The van der Waals surface area contributed by atoms with E-state index < -0.39 is 18.1 Å². The highest BCUT2D eigenvalue weighted by molar-refractivity contribution is 5.91. The molecule has 4 fully saturated rings. The van der Waals surface area contributed by atoms with Crippen molar-refractivity contribution in [3.8, 4) is 0 Å². The van der Waals surface area contributed by atoms with Gasteiger partial charge in [0, 0.05) is 32.1 Å². The first kappa shape index (κ1) is 19.7. The van der Waals surface area contributed by atoms with E-state index in [1.165, 1.54) is 4.90 Å². The van der Waals surface area contributed by atoms with E-state index in [-0.39, 0.29) is 29.1 Å². The molecular formula is C21H32N2O5. The number of aliphatic carboxylic acids is 1. The highest BCUT2D eigenvalue weighted by Gasteiger charge is 2.69. The maximum atomic E-state index is 13.3. The molecule has 2 amide bonds. The van der Waals surface area contributed by atoms with Gasteiger partial charge in [0.25, 0.3) is 0 Å². The van der Waals surface area contributed by atoms with Crippen LogP contribution >= 0.6 is 0 Å². The monoisotopic (exact) mass is 392 g/mol. The third-order valence-corrected chi connectivity index (χ3v) is 7.46. The van der Waals surface area contributed by atoms with Gasteiger partial charge < -0.3 is 20.1 Å². The van der Waals surface area contributed by atoms with Crippen molar-refractivity contribution >= 4 is 17.8 Å². The van der Waals surface area contributed by atoms with E-state index in [4.69, 9.17) is 4.74 Å². The number of piperidine rings is 1. The quantitative estimate of drug-likeness (QED) is 0.687. The van der Waals surface area contributed by atoms with Gasteiger partial charge in [-0.05, 0) is 42.4 Å². The first-order chi connectivity index (χ1) is 13.3. The lowest BCUT2D eigenvalue weighted by atomic mass is 9.95. The summed E-state index contributed by atoms with van der Waals surface area (Å²) < 4.78 is 5.35. The molecule has 0 bridgehead atoms. The summed E-state index contributed by atoms with van der Waals surface area (Å²) >= 11 is 0. The maximum Gasteiger partial charge on any atom is 0.326 e. The van der Waals surface area contributed by atoms with E-state index in [1.54, 1.807) is 0 Å². The Balaban J connectivity index is 1.41. The van der Waals surface area contributed by atoms with Crippen LogP contribution in [-0.4, -0.2) is 59.6 Å². The van der Waals surface area contributed by atoms with Crippen LogP contribution in [0.2, 0.25) is 0 Å². The summed E-state index contributed by atoms with van der Waals surface area (Å²) in [5.41, 5.74) is -0.0157. The Labute approximate surface area is 166 Å². The van der Waals surface area contributed by atoms with Crippen molar-refractivity contribution in [2.45, 2.75) is 64.5 Å². The van der Waals surface area contributed by atoms with Crippen LogP contribution in [0.15, 0.2) is 0 Å². The van der Waals surface area contributed by atoms with E-state index in [9.17, 15) is 19.5 Å². The molecule has 7 heteroatoms.